The quantitative estimate of drug-likeness (QED) is 0.324. The van der Waals surface area contributed by atoms with Gasteiger partial charge in [0.1, 0.15) is 17.4 Å². The summed E-state index contributed by atoms with van der Waals surface area (Å²) in [7, 11) is 0. The molecule has 1 fully saturated rings. The molecule has 2 aliphatic rings. The van der Waals surface area contributed by atoms with Gasteiger partial charge >= 0.3 is 6.18 Å². The molecule has 0 radical (unpaired) electrons. The molecule has 0 aliphatic carbocycles. The predicted octanol–water partition coefficient (Wildman–Crippen LogP) is 4.87. The zero-order valence-corrected chi connectivity index (χ0v) is 21.8. The summed E-state index contributed by atoms with van der Waals surface area (Å²) < 4.78 is 69.0. The maximum Gasteiger partial charge on any atom is 0.416 e. The van der Waals surface area contributed by atoms with Crippen LogP contribution < -0.4 is 5.32 Å². The number of benzene rings is 2. The van der Waals surface area contributed by atoms with E-state index in [1.807, 2.05) is 0 Å². The van der Waals surface area contributed by atoms with Gasteiger partial charge in [0.05, 0.1) is 17.6 Å². The fourth-order valence-electron chi connectivity index (χ4n) is 5.16. The molecule has 2 aromatic carbocycles. The normalized spacial score (nSPS) is 19.1. The maximum atomic E-state index is 14.5. The number of nitriles is 1. The Hall–Kier alpha value is -4.90. The van der Waals surface area contributed by atoms with Gasteiger partial charge in [-0.25, -0.2) is 23.8 Å². The summed E-state index contributed by atoms with van der Waals surface area (Å²) in [5, 5.41) is 25.1. The van der Waals surface area contributed by atoms with E-state index in [1.54, 1.807) is 13.0 Å². The van der Waals surface area contributed by atoms with Crippen molar-refractivity contribution in [2.24, 2.45) is 0 Å². The zero-order chi connectivity index (χ0) is 30.4. The average molecular weight is 585 g/mol. The molecule has 2 amide bonds. The van der Waals surface area contributed by atoms with Gasteiger partial charge in [-0.2, -0.15) is 18.4 Å². The largest absolute Gasteiger partial charge is 0.509 e. The monoisotopic (exact) mass is 584 g/mol. The van der Waals surface area contributed by atoms with E-state index in [9.17, 15) is 36.6 Å². The van der Waals surface area contributed by atoms with Crippen molar-refractivity contribution in [2.45, 2.75) is 38.0 Å². The Morgan fingerprint density at radius 2 is 1.90 bits per heavy atom. The van der Waals surface area contributed by atoms with Crippen LogP contribution in [-0.4, -0.2) is 49.0 Å². The molecule has 0 bridgehead atoms. The first kappa shape index (κ1) is 28.6. The molecular weight excluding hydrogens is 563 g/mol. The van der Waals surface area contributed by atoms with Gasteiger partial charge in [-0.15, -0.1) is 0 Å². The Kier molecular flexibility index (Phi) is 7.15. The molecule has 3 heterocycles. The van der Waals surface area contributed by atoms with E-state index in [-0.39, 0.29) is 34.7 Å². The van der Waals surface area contributed by atoms with Crippen LogP contribution in [0.4, 0.5) is 27.6 Å². The van der Waals surface area contributed by atoms with E-state index >= 15 is 0 Å². The summed E-state index contributed by atoms with van der Waals surface area (Å²) in [6.45, 7) is 1.41. The van der Waals surface area contributed by atoms with E-state index in [4.69, 9.17) is 5.26 Å². The Morgan fingerprint density at radius 3 is 2.57 bits per heavy atom. The second kappa shape index (κ2) is 10.5. The van der Waals surface area contributed by atoms with Crippen LogP contribution in [-0.2, 0) is 22.3 Å². The van der Waals surface area contributed by atoms with Gasteiger partial charge in [0.2, 0.25) is 5.82 Å². The van der Waals surface area contributed by atoms with Crippen molar-refractivity contribution in [3.63, 3.8) is 0 Å². The molecule has 42 heavy (non-hydrogen) atoms. The van der Waals surface area contributed by atoms with Gasteiger partial charge < -0.3 is 10.4 Å². The summed E-state index contributed by atoms with van der Waals surface area (Å²) in [6, 6.07) is 7.61. The van der Waals surface area contributed by atoms with Crippen molar-refractivity contribution in [1.29, 1.82) is 5.26 Å². The Morgan fingerprint density at radius 1 is 1.19 bits per heavy atom. The number of carbonyl (C=O) groups is 2. The van der Waals surface area contributed by atoms with Crippen molar-refractivity contribution in [3.8, 4) is 17.2 Å². The predicted molar refractivity (Wildman–Crippen MR) is 137 cm³/mol. The molecule has 2 aliphatic heterocycles. The Balaban J connectivity index is 1.55. The van der Waals surface area contributed by atoms with Crippen LogP contribution in [0.2, 0.25) is 0 Å². The van der Waals surface area contributed by atoms with Crippen molar-refractivity contribution >= 4 is 17.5 Å². The molecule has 14 heteroatoms. The van der Waals surface area contributed by atoms with Crippen molar-refractivity contribution in [2.75, 3.05) is 11.9 Å². The third-order valence-corrected chi connectivity index (χ3v) is 7.33. The summed E-state index contributed by atoms with van der Waals surface area (Å²) in [4.78, 5) is 34.8. The molecule has 1 unspecified atom stereocenters. The van der Waals surface area contributed by atoms with Gasteiger partial charge in [0, 0.05) is 41.3 Å². The standard InChI is InChI=1S/C28H21F5N6O3/c1-27-8-3-9-39(27)38(14-15-4-2-5-19(29)23(15)30)26(42)22(24(27)40)25(41)37-20-7-6-17(28(31,32)33)10-18(20)16-12-35-21(11-34)36-13-16/h2,4-7,10,12-13,40H,3,8-9,14H2,1H3,(H,37,41). The van der Waals surface area contributed by atoms with E-state index in [0.717, 1.165) is 41.7 Å². The fraction of sp³-hybridized carbons (Fsp3) is 0.250. The van der Waals surface area contributed by atoms with Gasteiger partial charge in [0.15, 0.2) is 11.6 Å². The zero-order valence-electron chi connectivity index (χ0n) is 21.8. The molecule has 2 N–H and O–H groups in total. The number of hydrogen-bond donors (Lipinski definition) is 2. The van der Waals surface area contributed by atoms with Crippen LogP contribution in [0.1, 0.15) is 36.7 Å². The number of aromatic nitrogens is 2. The molecule has 5 rings (SSSR count). The third kappa shape index (κ3) is 4.92. The fourth-order valence-corrected chi connectivity index (χ4v) is 5.16. The first-order valence-electron chi connectivity index (χ1n) is 12.6. The second-order valence-electron chi connectivity index (χ2n) is 9.92. The maximum absolute atomic E-state index is 14.5. The number of aliphatic hydroxyl groups excluding tert-OH is 1. The molecule has 1 aromatic heterocycles. The van der Waals surface area contributed by atoms with Gasteiger partial charge in [-0.1, -0.05) is 12.1 Å². The number of amides is 2. The highest BCUT2D eigenvalue weighted by Gasteiger charge is 2.52. The van der Waals surface area contributed by atoms with E-state index in [2.05, 4.69) is 15.3 Å². The first-order valence-corrected chi connectivity index (χ1v) is 12.6. The Labute approximate surface area is 235 Å². The SMILES string of the molecule is CC12CCCN1N(Cc1cccc(F)c1F)C(=O)C(C(=O)Nc1ccc(C(F)(F)F)cc1-c1cnc(C#N)nc1)=C2O. The van der Waals surface area contributed by atoms with Crippen LogP contribution in [0.5, 0.6) is 0 Å². The smallest absolute Gasteiger partial charge is 0.416 e. The highest BCUT2D eigenvalue weighted by Crippen LogP contribution is 2.42. The highest BCUT2D eigenvalue weighted by atomic mass is 19.4. The number of anilines is 1. The van der Waals surface area contributed by atoms with Crippen LogP contribution in [0.25, 0.3) is 11.1 Å². The van der Waals surface area contributed by atoms with Crippen molar-refractivity contribution < 1.29 is 36.6 Å². The molecular formula is C28H21F5N6O3. The lowest BCUT2D eigenvalue weighted by Crippen LogP contribution is -2.60. The topological polar surface area (TPSA) is 122 Å². The number of carbonyl (C=O) groups excluding carboxylic acids is 2. The summed E-state index contributed by atoms with van der Waals surface area (Å²) in [6.07, 6.45) is -1.71. The molecule has 216 valence electrons. The van der Waals surface area contributed by atoms with Crippen molar-refractivity contribution in [3.05, 3.63) is 88.7 Å². The molecule has 0 saturated carbocycles. The molecule has 1 saturated heterocycles. The number of nitrogens with zero attached hydrogens (tertiary/aromatic N) is 5. The number of alkyl halides is 3. The third-order valence-electron chi connectivity index (χ3n) is 7.33. The second-order valence-corrected chi connectivity index (χ2v) is 9.92. The number of fused-ring (bicyclic) bond motifs is 1. The van der Waals surface area contributed by atoms with E-state index in [0.29, 0.717) is 12.8 Å². The molecule has 3 aromatic rings. The number of aliphatic hydroxyl groups is 1. The first-order chi connectivity index (χ1) is 19.8. The minimum absolute atomic E-state index is 0.0284. The van der Waals surface area contributed by atoms with Crippen molar-refractivity contribution in [1.82, 2.24) is 20.0 Å². The lowest BCUT2D eigenvalue weighted by Gasteiger charge is -2.46. The van der Waals surface area contributed by atoms with E-state index in [1.165, 1.54) is 17.1 Å². The summed E-state index contributed by atoms with van der Waals surface area (Å²) >= 11 is 0. The molecule has 1 atom stereocenters. The summed E-state index contributed by atoms with van der Waals surface area (Å²) in [5.74, 6) is -5.24. The minimum Gasteiger partial charge on any atom is -0.509 e. The lowest BCUT2D eigenvalue weighted by molar-refractivity contribution is -0.160. The number of nitrogens with one attached hydrogen (secondary N) is 1. The highest BCUT2D eigenvalue weighted by molar-refractivity contribution is 6.24. The van der Waals surface area contributed by atoms with Gasteiger partial charge in [-0.3, -0.25) is 14.6 Å². The van der Waals surface area contributed by atoms with Gasteiger partial charge in [-0.05, 0) is 44.0 Å². The van der Waals surface area contributed by atoms with Crippen LogP contribution in [0, 0.1) is 23.0 Å². The number of halogens is 5. The van der Waals surface area contributed by atoms with Crippen LogP contribution >= 0.6 is 0 Å². The Bertz CT molecular complexity index is 1670. The van der Waals surface area contributed by atoms with Gasteiger partial charge in [0.25, 0.3) is 11.8 Å². The lowest BCUT2D eigenvalue weighted by atomic mass is 9.90. The number of rotatable bonds is 5. The molecule has 0 spiro atoms. The van der Waals surface area contributed by atoms with Crippen LogP contribution in [0.3, 0.4) is 0 Å². The summed E-state index contributed by atoms with van der Waals surface area (Å²) in [5.41, 5.74) is -3.46. The average Bonchev–Trinajstić information content (AvgIpc) is 3.36. The number of hydrazine groups is 1. The number of hydrogen-bond acceptors (Lipinski definition) is 7. The minimum atomic E-state index is -4.74. The molecule has 9 nitrogen and oxygen atoms in total. The van der Waals surface area contributed by atoms with E-state index < -0.39 is 58.6 Å². The van der Waals surface area contributed by atoms with Crippen LogP contribution in [0.15, 0.2) is 60.1 Å².